The van der Waals surface area contributed by atoms with Gasteiger partial charge in [-0.25, -0.2) is 0 Å². The molecule has 6 atom stereocenters. The molecule has 1 saturated carbocycles. The Kier molecular flexibility index (Phi) is 31.1. The van der Waals surface area contributed by atoms with Gasteiger partial charge in [0.1, 0.15) is 0 Å². The maximum Gasteiger partial charge on any atom is 0.0100 e. The quantitative estimate of drug-likeness (QED) is 0.192. The van der Waals surface area contributed by atoms with E-state index < -0.39 is 0 Å². The molecule has 0 heterocycles. The van der Waals surface area contributed by atoms with Crippen LogP contribution in [0.25, 0.3) is 0 Å². The van der Waals surface area contributed by atoms with E-state index in [1.807, 2.05) is 0 Å². The first-order valence-electron chi connectivity index (χ1n) is 14.1. The summed E-state index contributed by atoms with van der Waals surface area (Å²) < 4.78 is 0. The molecule has 0 aliphatic heterocycles. The summed E-state index contributed by atoms with van der Waals surface area (Å²) in [5.41, 5.74) is 0. The molecule has 0 unspecified atom stereocenters. The Balaban J connectivity index is -0.000000208. The Morgan fingerprint density at radius 1 is 0.639 bits per heavy atom. The van der Waals surface area contributed by atoms with Gasteiger partial charge in [-0.3, -0.25) is 0 Å². The van der Waals surface area contributed by atoms with Crippen LogP contribution in [0.5, 0.6) is 0 Å². The number of hydrogen-bond acceptors (Lipinski definition) is 3. The first kappa shape index (κ1) is 45.1. The van der Waals surface area contributed by atoms with Crippen molar-refractivity contribution in [2.75, 3.05) is 0 Å². The minimum atomic E-state index is 0. The molecule has 214 valence electrons. The standard InChI is InChI=1S/C11H23N.2C10H21N.2Y/c1-7-11(12-9(4)5)10(6)8(2)3;1-7(2)9-5-6-10(9)11-8(3)4;1-7(2)9(5)10(6)11-8(3)4;;/h8-12H,1,6-7H2,2-5H3;2*7-11H,5-6H2,1-4H3;;/q-2;;-2;;/t10-,11-;2*9-,10-;;/m111../s1. The molecule has 3 nitrogen and oxygen atoms in total. The summed E-state index contributed by atoms with van der Waals surface area (Å²) in [5.74, 6) is 3.89. The molecule has 0 spiro atoms. The summed E-state index contributed by atoms with van der Waals surface area (Å²) in [6.45, 7) is 42.7. The zero-order valence-electron chi connectivity index (χ0n) is 26.5. The van der Waals surface area contributed by atoms with E-state index in [9.17, 15) is 0 Å². The number of hydrogen-bond donors (Lipinski definition) is 3. The van der Waals surface area contributed by atoms with E-state index >= 15 is 0 Å². The van der Waals surface area contributed by atoms with Gasteiger partial charge in [0.15, 0.2) is 0 Å². The molecule has 0 amide bonds. The van der Waals surface area contributed by atoms with Crippen molar-refractivity contribution in [3.8, 4) is 0 Å². The molecule has 0 saturated heterocycles. The summed E-state index contributed by atoms with van der Waals surface area (Å²) in [7, 11) is 0. The molecule has 1 rings (SSSR count). The molecule has 3 N–H and O–H groups in total. The van der Waals surface area contributed by atoms with Crippen molar-refractivity contribution in [2.45, 2.75) is 139 Å². The minimum absolute atomic E-state index is 0. The van der Waals surface area contributed by atoms with Crippen molar-refractivity contribution in [1.82, 2.24) is 16.0 Å². The Hall–Kier alpha value is 2.09. The van der Waals surface area contributed by atoms with Gasteiger partial charge in [0.2, 0.25) is 0 Å². The molecule has 36 heavy (non-hydrogen) atoms. The van der Waals surface area contributed by atoms with Crippen LogP contribution >= 0.6 is 0 Å². The molecular weight excluding hydrogens is 592 g/mol. The van der Waals surface area contributed by atoms with Gasteiger partial charge in [-0.15, -0.1) is 6.04 Å². The molecule has 0 bridgehead atoms. The molecule has 0 aromatic carbocycles. The van der Waals surface area contributed by atoms with E-state index in [4.69, 9.17) is 0 Å². The SMILES string of the molecule is CC(C)N[C@@H]1CC[C@@H]1C(C)C.[CH2-]C[C@@H](NC(C)C)[C@H]([CH2-])C(C)C.[CH2-][C@H](C(C)C)[C@@H]([CH2-])NC(C)C.[Y].[Y]. The van der Waals surface area contributed by atoms with Gasteiger partial charge in [-0.2, -0.15) is 18.3 Å². The van der Waals surface area contributed by atoms with Crippen molar-refractivity contribution in [3.63, 3.8) is 0 Å². The Morgan fingerprint density at radius 2 is 1.08 bits per heavy atom. The van der Waals surface area contributed by atoms with Gasteiger partial charge in [0, 0.05) is 83.5 Å². The van der Waals surface area contributed by atoms with Crippen molar-refractivity contribution in [3.05, 3.63) is 27.7 Å². The van der Waals surface area contributed by atoms with Gasteiger partial charge in [-0.05, 0) is 36.8 Å². The van der Waals surface area contributed by atoms with Crippen LogP contribution in [-0.2, 0) is 65.4 Å². The van der Waals surface area contributed by atoms with Crippen LogP contribution in [-0.4, -0.2) is 36.3 Å². The minimum Gasteiger partial charge on any atom is -0.343 e. The molecule has 2 radical (unpaired) electrons. The third kappa shape index (κ3) is 21.9. The van der Waals surface area contributed by atoms with E-state index in [2.05, 4.69) is 127 Å². The molecule has 5 heteroatoms. The third-order valence-electron chi connectivity index (χ3n) is 6.88. The molecule has 0 aromatic rings. The molecule has 0 aromatic heterocycles. The van der Waals surface area contributed by atoms with Crippen LogP contribution in [0.2, 0.25) is 0 Å². The average Bonchev–Trinajstić information content (AvgIpc) is 2.67. The Bertz CT molecular complexity index is 449. The Morgan fingerprint density at radius 3 is 1.33 bits per heavy atom. The van der Waals surface area contributed by atoms with Crippen molar-refractivity contribution in [2.24, 2.45) is 35.5 Å². The van der Waals surface area contributed by atoms with Crippen LogP contribution in [0.4, 0.5) is 0 Å². The van der Waals surface area contributed by atoms with Gasteiger partial charge < -0.3 is 43.6 Å². The van der Waals surface area contributed by atoms with Crippen LogP contribution < -0.4 is 16.0 Å². The zero-order chi connectivity index (χ0) is 27.2. The summed E-state index contributed by atoms with van der Waals surface area (Å²) in [6, 6.07) is 3.23. The van der Waals surface area contributed by atoms with E-state index in [0.29, 0.717) is 47.8 Å². The molecule has 1 aliphatic rings. The fourth-order valence-electron chi connectivity index (χ4n) is 4.29. The number of rotatable bonds is 12. The predicted octanol–water partition coefficient (Wildman–Crippen LogP) is 7.39. The second-order valence-corrected chi connectivity index (χ2v) is 12.4. The summed E-state index contributed by atoms with van der Waals surface area (Å²) in [5, 5.41) is 10.4. The summed E-state index contributed by atoms with van der Waals surface area (Å²) in [4.78, 5) is 0. The van der Waals surface area contributed by atoms with Crippen molar-refractivity contribution in [1.29, 1.82) is 0 Å². The van der Waals surface area contributed by atoms with Gasteiger partial charge in [-0.1, -0.05) is 94.9 Å². The Labute approximate surface area is 280 Å². The second-order valence-electron chi connectivity index (χ2n) is 12.4. The van der Waals surface area contributed by atoms with Crippen LogP contribution in [0.15, 0.2) is 0 Å². The van der Waals surface area contributed by atoms with Crippen molar-refractivity contribution >= 4 is 0 Å². The van der Waals surface area contributed by atoms with Crippen LogP contribution in [0, 0.1) is 63.2 Å². The monoisotopic (exact) mass is 657 g/mol. The van der Waals surface area contributed by atoms with Crippen LogP contribution in [0.3, 0.4) is 0 Å². The first-order chi connectivity index (χ1) is 15.5. The largest absolute Gasteiger partial charge is 0.343 e. The molecule has 1 fully saturated rings. The smallest absolute Gasteiger partial charge is 0.0100 e. The zero-order valence-corrected chi connectivity index (χ0v) is 32.2. The van der Waals surface area contributed by atoms with E-state index in [0.717, 1.165) is 24.3 Å². The molecular formula is C31H65N3Y2-4. The van der Waals surface area contributed by atoms with Gasteiger partial charge >= 0.3 is 0 Å². The maximum absolute atomic E-state index is 4.16. The third-order valence-corrected chi connectivity index (χ3v) is 6.88. The average molecular weight is 658 g/mol. The number of nitrogens with one attached hydrogen (secondary N) is 3. The topological polar surface area (TPSA) is 36.1 Å². The fourth-order valence-corrected chi connectivity index (χ4v) is 4.29. The van der Waals surface area contributed by atoms with Gasteiger partial charge in [0.25, 0.3) is 0 Å². The van der Waals surface area contributed by atoms with E-state index in [1.165, 1.54) is 12.8 Å². The second kappa shape index (κ2) is 24.8. The van der Waals surface area contributed by atoms with E-state index in [1.54, 1.807) is 0 Å². The van der Waals surface area contributed by atoms with E-state index in [-0.39, 0.29) is 71.5 Å². The normalized spacial score (nSPS) is 20.5. The summed E-state index contributed by atoms with van der Waals surface area (Å²) >= 11 is 0. The van der Waals surface area contributed by atoms with Crippen LogP contribution in [0.1, 0.15) is 102 Å². The van der Waals surface area contributed by atoms with Gasteiger partial charge in [0.05, 0.1) is 0 Å². The maximum atomic E-state index is 4.16. The predicted molar refractivity (Wildman–Crippen MR) is 156 cm³/mol. The first-order valence-corrected chi connectivity index (χ1v) is 14.1. The fraction of sp³-hybridized carbons (Fsp3) is 0.871. The molecule has 1 aliphatic carbocycles. The summed E-state index contributed by atoms with van der Waals surface area (Å²) in [6.07, 6.45) is 3.74. The van der Waals surface area contributed by atoms with Crippen molar-refractivity contribution < 1.29 is 65.4 Å².